The molecule has 2 aromatic heterocycles. The Morgan fingerprint density at radius 3 is 2.83 bits per heavy atom. The Morgan fingerprint density at radius 1 is 1.44 bits per heavy atom. The zero-order valence-electron chi connectivity index (χ0n) is 11.3. The van der Waals surface area contributed by atoms with Crippen LogP contribution in [-0.2, 0) is 19.9 Å². The number of aromatic nitrogens is 2. The molecule has 0 aliphatic heterocycles. The van der Waals surface area contributed by atoms with Gasteiger partial charge >= 0.3 is 0 Å². The second-order valence-electron chi connectivity index (χ2n) is 4.48. The largest absolute Gasteiger partial charge is 0.310 e. The average Bonchev–Trinajstić information content (AvgIpc) is 2.99. The van der Waals surface area contributed by atoms with Gasteiger partial charge in [-0.15, -0.1) is 0 Å². The lowest BCUT2D eigenvalue weighted by molar-refractivity contribution is 0.530. The molecule has 0 aliphatic carbocycles. The van der Waals surface area contributed by atoms with Crippen molar-refractivity contribution in [3.63, 3.8) is 0 Å². The van der Waals surface area contributed by atoms with E-state index in [0.29, 0.717) is 6.04 Å². The Balaban J connectivity index is 2.15. The van der Waals surface area contributed by atoms with Crippen LogP contribution in [0.5, 0.6) is 0 Å². The third-order valence-electron chi connectivity index (χ3n) is 3.20. The lowest BCUT2D eigenvalue weighted by Gasteiger charge is -2.16. The van der Waals surface area contributed by atoms with Gasteiger partial charge < -0.3 is 5.32 Å². The van der Waals surface area contributed by atoms with Crippen molar-refractivity contribution in [3.8, 4) is 0 Å². The fraction of sp³-hybridized carbons (Fsp3) is 0.500. The molecule has 2 aromatic rings. The second-order valence-corrected chi connectivity index (χ2v) is 5.26. The summed E-state index contributed by atoms with van der Waals surface area (Å²) in [5, 5.41) is 12.4. The number of nitrogens with one attached hydrogen (secondary N) is 1. The van der Waals surface area contributed by atoms with Gasteiger partial charge in [0.2, 0.25) is 0 Å². The summed E-state index contributed by atoms with van der Waals surface area (Å²) in [4.78, 5) is 0. The highest BCUT2D eigenvalue weighted by Crippen LogP contribution is 2.21. The highest BCUT2D eigenvalue weighted by Gasteiger charge is 2.14. The Kier molecular flexibility index (Phi) is 4.55. The smallest absolute Gasteiger partial charge is 0.0624 e. The first kappa shape index (κ1) is 13.3. The molecule has 0 bridgehead atoms. The van der Waals surface area contributed by atoms with Crippen LogP contribution in [0, 0.1) is 0 Å². The van der Waals surface area contributed by atoms with Crippen LogP contribution in [0.1, 0.15) is 36.8 Å². The van der Waals surface area contributed by atoms with Crippen molar-refractivity contribution < 1.29 is 0 Å². The van der Waals surface area contributed by atoms with E-state index >= 15 is 0 Å². The van der Waals surface area contributed by atoms with Gasteiger partial charge in [-0.3, -0.25) is 4.68 Å². The third-order valence-corrected chi connectivity index (χ3v) is 3.90. The zero-order chi connectivity index (χ0) is 13.0. The predicted molar refractivity (Wildman–Crippen MR) is 77.0 cm³/mol. The van der Waals surface area contributed by atoms with E-state index in [-0.39, 0.29) is 0 Å². The van der Waals surface area contributed by atoms with Crippen molar-refractivity contribution in [3.05, 3.63) is 39.8 Å². The summed E-state index contributed by atoms with van der Waals surface area (Å²) in [5.41, 5.74) is 3.85. The lowest BCUT2D eigenvalue weighted by atomic mass is 10.0. The maximum atomic E-state index is 4.52. The van der Waals surface area contributed by atoms with Crippen LogP contribution in [0.4, 0.5) is 0 Å². The van der Waals surface area contributed by atoms with Crippen molar-refractivity contribution in [2.45, 2.75) is 32.7 Å². The molecule has 4 heteroatoms. The Bertz CT molecular complexity index is 473. The molecule has 0 aliphatic rings. The summed E-state index contributed by atoms with van der Waals surface area (Å²) < 4.78 is 2.01. The van der Waals surface area contributed by atoms with Crippen LogP contribution in [0.2, 0.25) is 0 Å². The van der Waals surface area contributed by atoms with Crippen molar-refractivity contribution in [1.29, 1.82) is 0 Å². The standard InChI is InChI=1S/C14H21N3S/c1-4-12-8-13(17(3)16-12)9-14(15-5-2)11-6-7-18-10-11/h6-8,10,14-15H,4-5,9H2,1-3H3. The number of aryl methyl sites for hydroxylation is 2. The van der Waals surface area contributed by atoms with Gasteiger partial charge in [0.25, 0.3) is 0 Å². The van der Waals surface area contributed by atoms with Crippen LogP contribution in [0.25, 0.3) is 0 Å². The van der Waals surface area contributed by atoms with Crippen LogP contribution < -0.4 is 5.32 Å². The van der Waals surface area contributed by atoms with Gasteiger partial charge in [-0.1, -0.05) is 13.8 Å². The van der Waals surface area contributed by atoms with E-state index in [4.69, 9.17) is 0 Å². The quantitative estimate of drug-likeness (QED) is 0.868. The summed E-state index contributed by atoms with van der Waals surface area (Å²) >= 11 is 1.76. The molecule has 1 N–H and O–H groups in total. The van der Waals surface area contributed by atoms with E-state index in [2.05, 4.69) is 47.2 Å². The van der Waals surface area contributed by atoms with Crippen LogP contribution in [-0.4, -0.2) is 16.3 Å². The molecular formula is C14H21N3S. The molecular weight excluding hydrogens is 242 g/mol. The minimum absolute atomic E-state index is 0.390. The molecule has 0 aromatic carbocycles. The summed E-state index contributed by atoms with van der Waals surface area (Å²) in [6.07, 6.45) is 1.99. The second kappa shape index (κ2) is 6.16. The monoisotopic (exact) mass is 263 g/mol. The fourth-order valence-electron chi connectivity index (χ4n) is 2.17. The third kappa shape index (κ3) is 3.00. The maximum absolute atomic E-state index is 4.52. The highest BCUT2D eigenvalue weighted by molar-refractivity contribution is 7.07. The van der Waals surface area contributed by atoms with E-state index in [1.807, 2.05) is 11.7 Å². The molecule has 18 heavy (non-hydrogen) atoms. The number of likely N-dealkylation sites (N-methyl/N-ethyl adjacent to an activating group) is 1. The van der Waals surface area contributed by atoms with E-state index in [1.165, 1.54) is 17.0 Å². The molecule has 2 rings (SSSR count). The summed E-state index contributed by atoms with van der Waals surface area (Å²) in [5.74, 6) is 0. The van der Waals surface area contributed by atoms with E-state index in [9.17, 15) is 0 Å². The van der Waals surface area contributed by atoms with E-state index in [0.717, 1.165) is 19.4 Å². The van der Waals surface area contributed by atoms with Gasteiger partial charge in [-0.05, 0) is 41.4 Å². The first-order chi connectivity index (χ1) is 8.74. The van der Waals surface area contributed by atoms with Crippen molar-refractivity contribution in [1.82, 2.24) is 15.1 Å². The van der Waals surface area contributed by atoms with Crippen LogP contribution >= 0.6 is 11.3 Å². The first-order valence-corrected chi connectivity index (χ1v) is 7.46. The van der Waals surface area contributed by atoms with E-state index in [1.54, 1.807) is 11.3 Å². The summed E-state index contributed by atoms with van der Waals surface area (Å²) in [6, 6.07) is 4.81. The van der Waals surface area contributed by atoms with Gasteiger partial charge in [-0.2, -0.15) is 16.4 Å². The molecule has 1 atom stereocenters. The molecule has 3 nitrogen and oxygen atoms in total. The number of hydrogen-bond acceptors (Lipinski definition) is 3. The first-order valence-electron chi connectivity index (χ1n) is 6.51. The van der Waals surface area contributed by atoms with Gasteiger partial charge in [-0.25, -0.2) is 0 Å². The Morgan fingerprint density at radius 2 is 2.28 bits per heavy atom. The van der Waals surface area contributed by atoms with Gasteiger partial charge in [0, 0.05) is 25.2 Å². The highest BCUT2D eigenvalue weighted by atomic mass is 32.1. The molecule has 0 spiro atoms. The normalized spacial score (nSPS) is 12.8. The van der Waals surface area contributed by atoms with Gasteiger partial charge in [0.1, 0.15) is 0 Å². The van der Waals surface area contributed by atoms with Crippen LogP contribution in [0.3, 0.4) is 0 Å². The molecule has 98 valence electrons. The maximum Gasteiger partial charge on any atom is 0.0624 e. The Hall–Kier alpha value is -1.13. The number of nitrogens with zero attached hydrogens (tertiary/aromatic N) is 2. The molecule has 0 radical (unpaired) electrons. The topological polar surface area (TPSA) is 29.9 Å². The minimum atomic E-state index is 0.390. The predicted octanol–water partition coefficient (Wildman–Crippen LogP) is 2.94. The number of hydrogen-bond donors (Lipinski definition) is 1. The van der Waals surface area contributed by atoms with Crippen LogP contribution in [0.15, 0.2) is 22.9 Å². The minimum Gasteiger partial charge on any atom is -0.310 e. The zero-order valence-corrected chi connectivity index (χ0v) is 12.1. The molecule has 0 amide bonds. The Labute approximate surface area is 113 Å². The molecule has 2 heterocycles. The van der Waals surface area contributed by atoms with Gasteiger partial charge in [0.05, 0.1) is 5.69 Å². The van der Waals surface area contributed by atoms with E-state index < -0.39 is 0 Å². The molecule has 0 saturated heterocycles. The van der Waals surface area contributed by atoms with Crippen molar-refractivity contribution in [2.24, 2.45) is 7.05 Å². The fourth-order valence-corrected chi connectivity index (χ4v) is 2.89. The SMILES string of the molecule is CCNC(Cc1cc(CC)nn1C)c1ccsc1. The molecule has 0 saturated carbocycles. The van der Waals surface area contributed by atoms with Crippen molar-refractivity contribution >= 4 is 11.3 Å². The molecule has 0 fully saturated rings. The summed E-state index contributed by atoms with van der Waals surface area (Å²) in [6.45, 7) is 5.28. The number of rotatable bonds is 6. The van der Waals surface area contributed by atoms with Crippen molar-refractivity contribution in [2.75, 3.05) is 6.54 Å². The number of thiophene rings is 1. The molecule has 1 unspecified atom stereocenters. The summed E-state index contributed by atoms with van der Waals surface area (Å²) in [7, 11) is 2.03. The lowest BCUT2D eigenvalue weighted by Crippen LogP contribution is -2.23. The average molecular weight is 263 g/mol. The van der Waals surface area contributed by atoms with Gasteiger partial charge in [0.15, 0.2) is 0 Å².